The van der Waals surface area contributed by atoms with Crippen molar-refractivity contribution in [3.8, 4) is 0 Å². The Kier molecular flexibility index (Phi) is 9.40. The molecule has 0 aromatic heterocycles. The van der Waals surface area contributed by atoms with Gasteiger partial charge in [0.1, 0.15) is 0 Å². The van der Waals surface area contributed by atoms with Crippen molar-refractivity contribution in [3.63, 3.8) is 0 Å². The summed E-state index contributed by atoms with van der Waals surface area (Å²) in [7, 11) is 0. The maximum atomic E-state index is 3.56. The summed E-state index contributed by atoms with van der Waals surface area (Å²) in [5.74, 6) is 0. The summed E-state index contributed by atoms with van der Waals surface area (Å²) < 4.78 is 0. The molecule has 0 heterocycles. The van der Waals surface area contributed by atoms with Crippen LogP contribution in [0, 0.1) is 13.8 Å². The van der Waals surface area contributed by atoms with Gasteiger partial charge in [-0.15, -0.1) is 0 Å². The Balaban J connectivity index is 1.95. The minimum absolute atomic E-state index is 1.01. The highest BCUT2D eigenvalue weighted by Crippen LogP contribution is 2.10. The van der Waals surface area contributed by atoms with E-state index in [1.165, 1.54) is 68.1 Å². The van der Waals surface area contributed by atoms with E-state index < -0.39 is 0 Å². The smallest absolute Gasteiger partial charge is 0.0205 e. The van der Waals surface area contributed by atoms with Gasteiger partial charge in [-0.1, -0.05) is 70.1 Å². The van der Waals surface area contributed by atoms with E-state index in [-0.39, 0.29) is 0 Å². The first-order chi connectivity index (χ1) is 9.74. The van der Waals surface area contributed by atoms with Crippen LogP contribution in [0.15, 0.2) is 18.2 Å². The van der Waals surface area contributed by atoms with Crippen LogP contribution in [0.2, 0.25) is 0 Å². The summed E-state index contributed by atoms with van der Waals surface area (Å²) in [5.41, 5.74) is 4.20. The third-order valence-electron chi connectivity index (χ3n) is 4.11. The summed E-state index contributed by atoms with van der Waals surface area (Å²) in [6.07, 6.45) is 11.2. The maximum absolute atomic E-state index is 3.56. The number of rotatable bonds is 11. The largest absolute Gasteiger partial charge is 0.313 e. The van der Waals surface area contributed by atoms with Crippen molar-refractivity contribution in [1.29, 1.82) is 0 Å². The zero-order valence-corrected chi connectivity index (χ0v) is 13.8. The summed E-state index contributed by atoms with van der Waals surface area (Å²) in [6.45, 7) is 8.81. The second-order valence-electron chi connectivity index (χ2n) is 6.07. The quantitative estimate of drug-likeness (QED) is 0.523. The number of aryl methyl sites for hydroxylation is 2. The van der Waals surface area contributed by atoms with Gasteiger partial charge in [-0.3, -0.25) is 0 Å². The van der Waals surface area contributed by atoms with Crippen molar-refractivity contribution in [2.45, 2.75) is 78.7 Å². The van der Waals surface area contributed by atoms with Gasteiger partial charge in [0.15, 0.2) is 0 Å². The van der Waals surface area contributed by atoms with Gasteiger partial charge in [-0.25, -0.2) is 0 Å². The van der Waals surface area contributed by atoms with E-state index in [4.69, 9.17) is 0 Å². The van der Waals surface area contributed by atoms with Crippen LogP contribution < -0.4 is 5.32 Å². The van der Waals surface area contributed by atoms with Crippen molar-refractivity contribution in [2.75, 3.05) is 6.54 Å². The fourth-order valence-corrected chi connectivity index (χ4v) is 2.53. The highest BCUT2D eigenvalue weighted by atomic mass is 14.8. The molecule has 1 N–H and O–H groups in total. The highest BCUT2D eigenvalue weighted by molar-refractivity contribution is 5.29. The lowest BCUT2D eigenvalue weighted by atomic mass is 10.1. The Morgan fingerprint density at radius 1 is 0.800 bits per heavy atom. The Morgan fingerprint density at radius 3 is 2.10 bits per heavy atom. The SMILES string of the molecule is CCCCCCCCCCNCc1ccc(C)c(C)c1. The average molecular weight is 275 g/mol. The first kappa shape index (κ1) is 17.2. The van der Waals surface area contributed by atoms with Gasteiger partial charge in [0.25, 0.3) is 0 Å². The molecule has 0 amide bonds. The van der Waals surface area contributed by atoms with E-state index in [0.717, 1.165) is 13.1 Å². The first-order valence-corrected chi connectivity index (χ1v) is 8.51. The third-order valence-corrected chi connectivity index (χ3v) is 4.11. The zero-order valence-electron chi connectivity index (χ0n) is 13.8. The predicted octanol–water partition coefficient (Wildman–Crippen LogP) is 5.53. The molecule has 0 unspecified atom stereocenters. The molecule has 0 radical (unpaired) electrons. The molecular weight excluding hydrogens is 242 g/mol. The Bertz CT molecular complexity index is 357. The van der Waals surface area contributed by atoms with E-state index in [9.17, 15) is 0 Å². The molecule has 0 spiro atoms. The molecule has 114 valence electrons. The topological polar surface area (TPSA) is 12.0 Å². The minimum Gasteiger partial charge on any atom is -0.313 e. The second-order valence-corrected chi connectivity index (χ2v) is 6.07. The average Bonchev–Trinajstić information content (AvgIpc) is 2.45. The fourth-order valence-electron chi connectivity index (χ4n) is 2.53. The Labute approximate surface area is 126 Å². The van der Waals surface area contributed by atoms with Crippen LogP contribution in [0.5, 0.6) is 0 Å². The lowest BCUT2D eigenvalue weighted by molar-refractivity contribution is 0.555. The second kappa shape index (κ2) is 10.9. The molecular formula is C19H33N. The van der Waals surface area contributed by atoms with Crippen molar-refractivity contribution in [3.05, 3.63) is 34.9 Å². The summed E-state index contributed by atoms with van der Waals surface area (Å²) in [6, 6.07) is 6.77. The number of benzene rings is 1. The van der Waals surface area contributed by atoms with Crippen LogP contribution in [0.1, 0.15) is 75.0 Å². The van der Waals surface area contributed by atoms with Gasteiger partial charge in [0.05, 0.1) is 0 Å². The molecule has 0 fully saturated rings. The Morgan fingerprint density at radius 2 is 1.45 bits per heavy atom. The minimum atomic E-state index is 1.01. The lowest BCUT2D eigenvalue weighted by Gasteiger charge is -2.07. The molecule has 1 rings (SSSR count). The molecule has 0 saturated carbocycles. The Hall–Kier alpha value is -0.820. The van der Waals surface area contributed by atoms with Crippen molar-refractivity contribution in [1.82, 2.24) is 5.32 Å². The zero-order chi connectivity index (χ0) is 14.6. The fraction of sp³-hybridized carbons (Fsp3) is 0.684. The summed E-state index contributed by atoms with van der Waals surface area (Å²) in [5, 5.41) is 3.56. The summed E-state index contributed by atoms with van der Waals surface area (Å²) in [4.78, 5) is 0. The van der Waals surface area contributed by atoms with Crippen LogP contribution in [0.3, 0.4) is 0 Å². The predicted molar refractivity (Wildman–Crippen MR) is 90.2 cm³/mol. The summed E-state index contributed by atoms with van der Waals surface area (Å²) >= 11 is 0. The molecule has 0 saturated heterocycles. The number of hydrogen-bond acceptors (Lipinski definition) is 1. The number of nitrogens with one attached hydrogen (secondary N) is 1. The van der Waals surface area contributed by atoms with E-state index in [1.54, 1.807) is 0 Å². The van der Waals surface area contributed by atoms with Gasteiger partial charge in [-0.05, 0) is 43.5 Å². The maximum Gasteiger partial charge on any atom is 0.0205 e. The molecule has 1 aromatic rings. The van der Waals surface area contributed by atoms with E-state index in [2.05, 4.69) is 44.3 Å². The van der Waals surface area contributed by atoms with Gasteiger partial charge in [-0.2, -0.15) is 0 Å². The number of unbranched alkanes of at least 4 members (excludes halogenated alkanes) is 7. The molecule has 0 aliphatic heterocycles. The van der Waals surface area contributed by atoms with Crippen LogP contribution in [-0.4, -0.2) is 6.54 Å². The van der Waals surface area contributed by atoms with Crippen LogP contribution in [0.4, 0.5) is 0 Å². The lowest BCUT2D eigenvalue weighted by Crippen LogP contribution is -2.14. The van der Waals surface area contributed by atoms with Gasteiger partial charge < -0.3 is 5.32 Å². The van der Waals surface area contributed by atoms with Crippen LogP contribution >= 0.6 is 0 Å². The van der Waals surface area contributed by atoms with Crippen LogP contribution in [0.25, 0.3) is 0 Å². The molecule has 1 nitrogen and oxygen atoms in total. The molecule has 20 heavy (non-hydrogen) atoms. The molecule has 1 aromatic carbocycles. The standard InChI is InChI=1S/C19H33N/c1-4-5-6-7-8-9-10-11-14-20-16-19-13-12-17(2)18(3)15-19/h12-13,15,20H,4-11,14,16H2,1-3H3. The van der Waals surface area contributed by atoms with E-state index >= 15 is 0 Å². The molecule has 0 atom stereocenters. The van der Waals surface area contributed by atoms with Crippen molar-refractivity contribution >= 4 is 0 Å². The van der Waals surface area contributed by atoms with Gasteiger partial charge >= 0.3 is 0 Å². The monoisotopic (exact) mass is 275 g/mol. The van der Waals surface area contributed by atoms with Crippen molar-refractivity contribution < 1.29 is 0 Å². The van der Waals surface area contributed by atoms with Gasteiger partial charge in [0.2, 0.25) is 0 Å². The number of hydrogen-bond donors (Lipinski definition) is 1. The molecule has 0 aliphatic rings. The molecule has 0 aliphatic carbocycles. The van der Waals surface area contributed by atoms with E-state index in [0.29, 0.717) is 0 Å². The molecule has 0 bridgehead atoms. The first-order valence-electron chi connectivity index (χ1n) is 8.51. The van der Waals surface area contributed by atoms with E-state index in [1.807, 2.05) is 0 Å². The van der Waals surface area contributed by atoms with Crippen LogP contribution in [-0.2, 0) is 6.54 Å². The third kappa shape index (κ3) is 7.69. The highest BCUT2D eigenvalue weighted by Gasteiger charge is 1.96. The normalized spacial score (nSPS) is 10.9. The molecule has 1 heteroatoms. The van der Waals surface area contributed by atoms with Crippen molar-refractivity contribution in [2.24, 2.45) is 0 Å². The van der Waals surface area contributed by atoms with Gasteiger partial charge in [0, 0.05) is 6.54 Å².